The Morgan fingerprint density at radius 3 is 1.43 bits per heavy atom. The fourth-order valence-electron chi connectivity index (χ4n) is 10.5. The highest BCUT2D eigenvalue weighted by Crippen LogP contribution is 2.41. The van der Waals surface area contributed by atoms with E-state index in [1.807, 2.05) is 0 Å². The first kappa shape index (κ1) is 39.7. The van der Waals surface area contributed by atoms with Gasteiger partial charge in [0.1, 0.15) is 0 Å². The fraction of sp³-hybridized carbons (Fsp3) is 0. The molecule has 0 unspecified atom stereocenters. The van der Waals surface area contributed by atoms with Crippen molar-refractivity contribution in [3.63, 3.8) is 0 Å². The summed E-state index contributed by atoms with van der Waals surface area (Å²) >= 11 is 0. The van der Waals surface area contributed by atoms with E-state index in [1.165, 1.54) is 49.0 Å². The van der Waals surface area contributed by atoms with E-state index < -0.39 is 0 Å². The molecular weight excluding hydrogens is 851 g/mol. The van der Waals surface area contributed by atoms with E-state index in [2.05, 4.69) is 258 Å². The monoisotopic (exact) mass is 891 g/mol. The molecule has 0 saturated heterocycles. The predicted octanol–water partition coefficient (Wildman–Crippen LogP) is 16.7. The topological polar surface area (TPSA) is 48.5 Å². The molecule has 11 aromatic carbocycles. The zero-order chi connectivity index (χ0) is 46.1. The number of aromatic nitrogens is 5. The largest absolute Gasteiger partial charge is 0.307 e. The SMILES string of the molecule is c1ccc(-c2cccc(-n3c4ccccc4c4cccc(-n5c6ccccc6c6ccc(-c7nc(-c8ccc(-c9ccc%10ccccc%10c9)cc8)nc(-c8ccc9ccccc9c8)n7)cc65)c43)c2)cc1. The molecule has 5 heteroatoms. The maximum atomic E-state index is 5.30. The molecule has 0 atom stereocenters. The standard InChI is InChI=1S/C65H41N5/c1-2-14-42(15-3-1)49-20-12-21-53(40-49)69-58-25-10-9-23-55(58)57-24-13-27-60(62(57)69)70-59-26-11-8-22-54(59)56-37-36-52(41-61(56)70)65-67-63(66-64(68-65)51-35-31-44-17-5-7-19-48(44)39-51)46-32-28-45(29-33-46)50-34-30-43-16-4-6-18-47(43)38-50/h1-41H. The van der Waals surface area contributed by atoms with Gasteiger partial charge in [-0.25, -0.2) is 15.0 Å². The van der Waals surface area contributed by atoms with Crippen LogP contribution in [-0.4, -0.2) is 24.1 Å². The van der Waals surface area contributed by atoms with Crippen molar-refractivity contribution in [3.05, 3.63) is 249 Å². The Bertz CT molecular complexity index is 4350. The second-order valence-corrected chi connectivity index (χ2v) is 18.0. The molecular formula is C65H41N5. The van der Waals surface area contributed by atoms with Crippen molar-refractivity contribution in [2.45, 2.75) is 0 Å². The Morgan fingerprint density at radius 2 is 0.700 bits per heavy atom. The smallest absolute Gasteiger partial charge is 0.164 e. The number of nitrogens with zero attached hydrogens (tertiary/aromatic N) is 5. The molecule has 70 heavy (non-hydrogen) atoms. The van der Waals surface area contributed by atoms with Gasteiger partial charge in [0.15, 0.2) is 17.5 Å². The second kappa shape index (κ2) is 16.1. The average Bonchev–Trinajstić information content (AvgIpc) is 3.96. The average molecular weight is 892 g/mol. The van der Waals surface area contributed by atoms with Crippen molar-refractivity contribution in [2.24, 2.45) is 0 Å². The lowest BCUT2D eigenvalue weighted by molar-refractivity contribution is 1.07. The van der Waals surface area contributed by atoms with Gasteiger partial charge >= 0.3 is 0 Å². The molecule has 0 aliphatic carbocycles. The van der Waals surface area contributed by atoms with Gasteiger partial charge in [-0.15, -0.1) is 0 Å². The maximum Gasteiger partial charge on any atom is 0.164 e. The summed E-state index contributed by atoms with van der Waals surface area (Å²) in [5, 5.41) is 9.46. The van der Waals surface area contributed by atoms with E-state index >= 15 is 0 Å². The van der Waals surface area contributed by atoms with E-state index in [0.29, 0.717) is 17.5 Å². The third kappa shape index (κ3) is 6.59. The molecule has 14 rings (SSSR count). The van der Waals surface area contributed by atoms with Gasteiger partial charge < -0.3 is 9.13 Å². The van der Waals surface area contributed by atoms with Crippen molar-refractivity contribution in [3.8, 4) is 67.8 Å². The zero-order valence-corrected chi connectivity index (χ0v) is 37.9. The molecule has 0 spiro atoms. The molecule has 3 aromatic heterocycles. The van der Waals surface area contributed by atoms with Gasteiger partial charge in [0.25, 0.3) is 0 Å². The van der Waals surface area contributed by atoms with E-state index in [1.54, 1.807) is 0 Å². The second-order valence-electron chi connectivity index (χ2n) is 18.0. The van der Waals surface area contributed by atoms with Crippen molar-refractivity contribution < 1.29 is 0 Å². The number of benzene rings is 11. The molecule has 3 heterocycles. The maximum absolute atomic E-state index is 5.30. The molecule has 0 aliphatic rings. The summed E-state index contributed by atoms with van der Waals surface area (Å²) in [5.41, 5.74) is 14.1. The molecule has 0 radical (unpaired) electrons. The van der Waals surface area contributed by atoms with E-state index in [-0.39, 0.29) is 0 Å². The van der Waals surface area contributed by atoms with Gasteiger partial charge in [-0.2, -0.15) is 0 Å². The summed E-state index contributed by atoms with van der Waals surface area (Å²) in [6.07, 6.45) is 0. The number of rotatable bonds is 7. The van der Waals surface area contributed by atoms with Gasteiger partial charge in [-0.3, -0.25) is 0 Å². The van der Waals surface area contributed by atoms with Crippen LogP contribution < -0.4 is 0 Å². The lowest BCUT2D eigenvalue weighted by Gasteiger charge is -2.15. The van der Waals surface area contributed by atoms with Crippen molar-refractivity contribution in [2.75, 3.05) is 0 Å². The molecule has 0 amide bonds. The summed E-state index contributed by atoms with van der Waals surface area (Å²) in [6.45, 7) is 0. The third-order valence-corrected chi connectivity index (χ3v) is 13.9. The molecule has 0 N–H and O–H groups in total. The van der Waals surface area contributed by atoms with Crippen LogP contribution in [0.1, 0.15) is 0 Å². The van der Waals surface area contributed by atoms with Crippen molar-refractivity contribution in [1.29, 1.82) is 0 Å². The van der Waals surface area contributed by atoms with Crippen LogP contribution in [0.3, 0.4) is 0 Å². The lowest BCUT2D eigenvalue weighted by Crippen LogP contribution is -2.02. The first-order valence-electron chi connectivity index (χ1n) is 23.8. The number of para-hydroxylation sites is 3. The van der Waals surface area contributed by atoms with Crippen LogP contribution in [-0.2, 0) is 0 Å². The summed E-state index contributed by atoms with van der Waals surface area (Å²) in [5.74, 6) is 1.85. The Morgan fingerprint density at radius 1 is 0.243 bits per heavy atom. The quantitative estimate of drug-likeness (QED) is 0.160. The minimum atomic E-state index is 0.607. The Balaban J connectivity index is 0.968. The Kier molecular flexibility index (Phi) is 9.14. The van der Waals surface area contributed by atoms with Crippen LogP contribution in [0.4, 0.5) is 0 Å². The highest BCUT2D eigenvalue weighted by atomic mass is 15.1. The summed E-state index contributed by atoms with van der Waals surface area (Å²) < 4.78 is 4.88. The van der Waals surface area contributed by atoms with Crippen LogP contribution in [0.5, 0.6) is 0 Å². The molecule has 0 bridgehead atoms. The predicted molar refractivity (Wildman–Crippen MR) is 291 cm³/mol. The summed E-state index contributed by atoms with van der Waals surface area (Å²) in [7, 11) is 0. The lowest BCUT2D eigenvalue weighted by atomic mass is 10.00. The van der Waals surface area contributed by atoms with Gasteiger partial charge in [0.05, 0.1) is 27.8 Å². The Hall–Kier alpha value is -9.45. The molecule has 0 saturated carbocycles. The molecule has 5 nitrogen and oxygen atoms in total. The van der Waals surface area contributed by atoms with Crippen LogP contribution in [0.15, 0.2) is 249 Å². The molecule has 0 fully saturated rings. The minimum Gasteiger partial charge on any atom is -0.307 e. The van der Waals surface area contributed by atoms with E-state index in [9.17, 15) is 0 Å². The first-order chi connectivity index (χ1) is 34.7. The normalized spacial score (nSPS) is 11.7. The highest BCUT2D eigenvalue weighted by molar-refractivity contribution is 6.15. The van der Waals surface area contributed by atoms with Gasteiger partial charge in [-0.05, 0) is 92.3 Å². The van der Waals surface area contributed by atoms with E-state index in [0.717, 1.165) is 66.5 Å². The molecule has 14 aromatic rings. The van der Waals surface area contributed by atoms with E-state index in [4.69, 9.17) is 15.0 Å². The first-order valence-corrected chi connectivity index (χ1v) is 23.8. The van der Waals surface area contributed by atoms with Crippen LogP contribution >= 0.6 is 0 Å². The number of hydrogen-bond donors (Lipinski definition) is 0. The van der Waals surface area contributed by atoms with Gasteiger partial charge in [0.2, 0.25) is 0 Å². The number of fused-ring (bicyclic) bond motifs is 8. The molecule has 0 aliphatic heterocycles. The van der Waals surface area contributed by atoms with Gasteiger partial charge in [0, 0.05) is 43.9 Å². The van der Waals surface area contributed by atoms with Crippen LogP contribution in [0, 0.1) is 0 Å². The van der Waals surface area contributed by atoms with Crippen molar-refractivity contribution in [1.82, 2.24) is 24.1 Å². The summed E-state index contributed by atoms with van der Waals surface area (Å²) in [6, 6.07) is 89.0. The van der Waals surface area contributed by atoms with Crippen LogP contribution in [0.2, 0.25) is 0 Å². The number of hydrogen-bond acceptors (Lipinski definition) is 3. The highest BCUT2D eigenvalue weighted by Gasteiger charge is 2.22. The third-order valence-electron chi connectivity index (χ3n) is 13.9. The van der Waals surface area contributed by atoms with Gasteiger partial charge in [-0.1, -0.05) is 200 Å². The fourth-order valence-corrected chi connectivity index (χ4v) is 10.5. The van der Waals surface area contributed by atoms with Crippen LogP contribution in [0.25, 0.3) is 133 Å². The summed E-state index contributed by atoms with van der Waals surface area (Å²) in [4.78, 5) is 15.8. The Labute approximate surface area is 403 Å². The zero-order valence-electron chi connectivity index (χ0n) is 37.9. The molecule has 326 valence electrons. The van der Waals surface area contributed by atoms with Crippen molar-refractivity contribution >= 4 is 65.2 Å². The minimum absolute atomic E-state index is 0.607.